The van der Waals surface area contributed by atoms with Crippen molar-refractivity contribution in [2.24, 2.45) is 0 Å². The predicted octanol–water partition coefficient (Wildman–Crippen LogP) is 2.81. The van der Waals surface area contributed by atoms with Crippen LogP contribution in [0.2, 0.25) is 0 Å². The number of aliphatic hydroxyl groups is 1. The molecule has 0 saturated carbocycles. The smallest absolute Gasteiger partial charge is 0.396 e. The Kier molecular flexibility index (Phi) is 5.22. The maximum Gasteiger partial charge on any atom is 0.416 e. The molecule has 3 rings (SSSR count). The van der Waals surface area contributed by atoms with Crippen molar-refractivity contribution >= 4 is 5.82 Å². The van der Waals surface area contributed by atoms with Crippen LogP contribution in [0.1, 0.15) is 22.3 Å². The molecule has 7 nitrogen and oxygen atoms in total. The standard InChI is InChI=1S/C19H13F3N6O/c20-19(21,22)13-3-1-12(2-4-13)16-14(7-23)17(25)27-18(15(16)8-24)28-10-11(5-6-29)9-26-28/h1-4,9-10,29H,5-6H2,(H2,25,27). The van der Waals surface area contributed by atoms with E-state index < -0.39 is 11.7 Å². The Labute approximate surface area is 163 Å². The summed E-state index contributed by atoms with van der Waals surface area (Å²) in [6, 6.07) is 7.87. The fourth-order valence-corrected chi connectivity index (χ4v) is 2.82. The summed E-state index contributed by atoms with van der Waals surface area (Å²) in [6.45, 7) is -0.101. The largest absolute Gasteiger partial charge is 0.416 e. The van der Waals surface area contributed by atoms with E-state index in [-0.39, 0.29) is 40.5 Å². The third-order valence-corrected chi connectivity index (χ3v) is 4.18. The first kappa shape index (κ1) is 19.9. The molecule has 2 aromatic heterocycles. The molecule has 0 saturated heterocycles. The first-order valence-electron chi connectivity index (χ1n) is 8.26. The van der Waals surface area contributed by atoms with E-state index in [1.165, 1.54) is 23.0 Å². The van der Waals surface area contributed by atoms with Gasteiger partial charge in [0.25, 0.3) is 0 Å². The lowest BCUT2D eigenvalue weighted by Crippen LogP contribution is -2.09. The first-order chi connectivity index (χ1) is 13.8. The maximum absolute atomic E-state index is 12.9. The molecule has 29 heavy (non-hydrogen) atoms. The molecule has 0 unspecified atom stereocenters. The molecule has 3 N–H and O–H groups in total. The van der Waals surface area contributed by atoms with Crippen molar-refractivity contribution in [2.45, 2.75) is 12.6 Å². The van der Waals surface area contributed by atoms with Gasteiger partial charge in [-0.2, -0.15) is 28.8 Å². The molecule has 0 aliphatic heterocycles. The van der Waals surface area contributed by atoms with Gasteiger partial charge in [0, 0.05) is 18.4 Å². The number of hydrogen-bond acceptors (Lipinski definition) is 6. The minimum atomic E-state index is -4.52. The molecular formula is C19H13F3N6O. The topological polar surface area (TPSA) is 125 Å². The van der Waals surface area contributed by atoms with Crippen LogP contribution in [0.5, 0.6) is 0 Å². The number of rotatable bonds is 4. The van der Waals surface area contributed by atoms with E-state index in [0.717, 1.165) is 12.1 Å². The molecule has 0 radical (unpaired) electrons. The van der Waals surface area contributed by atoms with Crippen molar-refractivity contribution in [2.75, 3.05) is 12.3 Å². The van der Waals surface area contributed by atoms with Gasteiger partial charge >= 0.3 is 6.18 Å². The number of anilines is 1. The number of alkyl halides is 3. The fraction of sp³-hybridized carbons (Fsp3) is 0.158. The first-order valence-corrected chi connectivity index (χ1v) is 8.26. The van der Waals surface area contributed by atoms with Crippen molar-refractivity contribution in [1.29, 1.82) is 10.5 Å². The van der Waals surface area contributed by atoms with E-state index in [2.05, 4.69) is 10.1 Å². The zero-order valence-electron chi connectivity index (χ0n) is 14.8. The van der Waals surface area contributed by atoms with Crippen LogP contribution in [0, 0.1) is 22.7 Å². The number of aromatic nitrogens is 3. The van der Waals surface area contributed by atoms with E-state index in [9.17, 15) is 23.7 Å². The van der Waals surface area contributed by atoms with Crippen LogP contribution in [-0.4, -0.2) is 26.5 Å². The number of nitrogens with zero attached hydrogens (tertiary/aromatic N) is 5. The highest BCUT2D eigenvalue weighted by Gasteiger charge is 2.30. The van der Waals surface area contributed by atoms with Crippen LogP contribution in [-0.2, 0) is 12.6 Å². The zero-order valence-corrected chi connectivity index (χ0v) is 14.8. The summed E-state index contributed by atoms with van der Waals surface area (Å²) >= 11 is 0. The van der Waals surface area contributed by atoms with Gasteiger partial charge in [0.05, 0.1) is 11.8 Å². The van der Waals surface area contributed by atoms with Gasteiger partial charge in [-0.3, -0.25) is 0 Å². The van der Waals surface area contributed by atoms with Gasteiger partial charge in [0.2, 0.25) is 0 Å². The molecule has 0 bridgehead atoms. The van der Waals surface area contributed by atoms with Crippen LogP contribution in [0.15, 0.2) is 36.7 Å². The second-order valence-electron chi connectivity index (χ2n) is 6.01. The van der Waals surface area contributed by atoms with E-state index in [1.807, 2.05) is 12.1 Å². The van der Waals surface area contributed by atoms with E-state index in [4.69, 9.17) is 10.8 Å². The second kappa shape index (κ2) is 7.62. The van der Waals surface area contributed by atoms with Crippen LogP contribution in [0.4, 0.5) is 19.0 Å². The number of benzene rings is 1. The van der Waals surface area contributed by atoms with Crippen molar-refractivity contribution < 1.29 is 18.3 Å². The SMILES string of the molecule is N#Cc1c(N)nc(-n2cc(CCO)cn2)c(C#N)c1-c1ccc(C(F)(F)F)cc1. The van der Waals surface area contributed by atoms with Gasteiger partial charge in [-0.25, -0.2) is 9.67 Å². The van der Waals surface area contributed by atoms with Crippen molar-refractivity contribution in [3.63, 3.8) is 0 Å². The lowest BCUT2D eigenvalue weighted by molar-refractivity contribution is -0.137. The number of halogens is 3. The third-order valence-electron chi connectivity index (χ3n) is 4.18. The maximum atomic E-state index is 12.9. The monoisotopic (exact) mass is 398 g/mol. The molecule has 0 atom stereocenters. The minimum Gasteiger partial charge on any atom is -0.396 e. The average Bonchev–Trinajstić information content (AvgIpc) is 3.15. The molecule has 2 heterocycles. The molecule has 0 fully saturated rings. The highest BCUT2D eigenvalue weighted by molar-refractivity contribution is 5.83. The Morgan fingerprint density at radius 1 is 1.10 bits per heavy atom. The summed E-state index contributed by atoms with van der Waals surface area (Å²) in [5.74, 6) is -0.154. The normalized spacial score (nSPS) is 11.1. The molecule has 146 valence electrons. The quantitative estimate of drug-likeness (QED) is 0.696. The summed E-state index contributed by atoms with van der Waals surface area (Å²) < 4.78 is 39.9. The van der Waals surface area contributed by atoms with Crippen LogP contribution in [0.25, 0.3) is 16.9 Å². The molecule has 1 aromatic carbocycles. The zero-order chi connectivity index (χ0) is 21.2. The van der Waals surface area contributed by atoms with Crippen LogP contribution >= 0.6 is 0 Å². The molecule has 0 aliphatic rings. The molecule has 0 aliphatic carbocycles. The number of nitriles is 2. The van der Waals surface area contributed by atoms with Crippen LogP contribution in [0.3, 0.4) is 0 Å². The lowest BCUT2D eigenvalue weighted by Gasteiger charge is -2.14. The van der Waals surface area contributed by atoms with Crippen LogP contribution < -0.4 is 5.73 Å². The Bertz CT molecular complexity index is 1140. The summed E-state index contributed by atoms with van der Waals surface area (Å²) in [5, 5.41) is 32.4. The molecule has 0 amide bonds. The van der Waals surface area contributed by atoms with Gasteiger partial charge in [0.15, 0.2) is 5.82 Å². The average molecular weight is 398 g/mol. The van der Waals surface area contributed by atoms with E-state index >= 15 is 0 Å². The summed E-state index contributed by atoms with van der Waals surface area (Å²) in [7, 11) is 0. The number of pyridine rings is 1. The van der Waals surface area contributed by atoms with E-state index in [1.54, 1.807) is 6.20 Å². The lowest BCUT2D eigenvalue weighted by atomic mass is 9.95. The predicted molar refractivity (Wildman–Crippen MR) is 96.4 cm³/mol. The highest BCUT2D eigenvalue weighted by Crippen LogP contribution is 2.35. The summed E-state index contributed by atoms with van der Waals surface area (Å²) in [6.07, 6.45) is -1.17. The van der Waals surface area contributed by atoms with Crippen molar-refractivity contribution in [1.82, 2.24) is 14.8 Å². The highest BCUT2D eigenvalue weighted by atomic mass is 19.4. The summed E-state index contributed by atoms with van der Waals surface area (Å²) in [5.41, 5.74) is 5.82. The summed E-state index contributed by atoms with van der Waals surface area (Å²) in [4.78, 5) is 4.09. The molecule has 10 heteroatoms. The Balaban J connectivity index is 2.24. The Hall–Kier alpha value is -3.89. The number of aliphatic hydroxyl groups excluding tert-OH is 1. The Morgan fingerprint density at radius 3 is 2.31 bits per heavy atom. The molecule has 3 aromatic rings. The Morgan fingerprint density at radius 2 is 1.76 bits per heavy atom. The van der Waals surface area contributed by atoms with Crippen molar-refractivity contribution in [3.8, 4) is 29.1 Å². The fourth-order valence-electron chi connectivity index (χ4n) is 2.82. The van der Waals surface area contributed by atoms with Gasteiger partial charge < -0.3 is 10.8 Å². The van der Waals surface area contributed by atoms with E-state index in [0.29, 0.717) is 12.0 Å². The second-order valence-corrected chi connectivity index (χ2v) is 6.01. The number of nitrogens with two attached hydrogens (primary N) is 1. The van der Waals surface area contributed by atoms with Gasteiger partial charge in [-0.15, -0.1) is 0 Å². The van der Waals surface area contributed by atoms with Gasteiger partial charge in [-0.1, -0.05) is 12.1 Å². The molecule has 0 spiro atoms. The number of hydrogen-bond donors (Lipinski definition) is 2. The number of nitrogen functional groups attached to an aromatic ring is 1. The van der Waals surface area contributed by atoms with Crippen molar-refractivity contribution in [3.05, 3.63) is 58.9 Å². The molecular weight excluding hydrogens is 385 g/mol. The third kappa shape index (κ3) is 3.74. The van der Waals surface area contributed by atoms with Gasteiger partial charge in [0.1, 0.15) is 29.1 Å². The minimum absolute atomic E-state index is 0.0306. The van der Waals surface area contributed by atoms with Gasteiger partial charge in [-0.05, 0) is 29.7 Å².